The van der Waals surface area contributed by atoms with Gasteiger partial charge in [-0.15, -0.1) is 0 Å². The van der Waals surface area contributed by atoms with Gasteiger partial charge in [0.05, 0.1) is 0 Å². The summed E-state index contributed by atoms with van der Waals surface area (Å²) in [7, 11) is 0. The number of anilines is 2. The highest BCUT2D eigenvalue weighted by Gasteiger charge is 2.07. The Morgan fingerprint density at radius 1 is 1.28 bits per heavy atom. The van der Waals surface area contributed by atoms with E-state index in [0.717, 1.165) is 14.8 Å². The summed E-state index contributed by atoms with van der Waals surface area (Å²) in [5.41, 5.74) is 1.78. The van der Waals surface area contributed by atoms with Gasteiger partial charge in [0.15, 0.2) is 5.82 Å². The lowest BCUT2D eigenvalue weighted by Crippen LogP contribution is -2.20. The summed E-state index contributed by atoms with van der Waals surface area (Å²) in [5, 5.41) is 9.04. The van der Waals surface area contributed by atoms with Crippen molar-refractivity contribution < 1.29 is 9.32 Å². The second-order valence-electron chi connectivity index (χ2n) is 3.86. The molecule has 0 aliphatic heterocycles. The molecule has 2 amide bonds. The molecule has 0 saturated heterocycles. The van der Waals surface area contributed by atoms with Gasteiger partial charge < -0.3 is 9.84 Å². The van der Waals surface area contributed by atoms with Gasteiger partial charge in [-0.1, -0.05) is 5.16 Å². The largest absolute Gasteiger partial charge is 0.360 e. The fraction of sp³-hybridized carbons (Fsp3) is 0.167. The minimum Gasteiger partial charge on any atom is -0.360 e. The number of carbonyl (C=O) groups is 1. The van der Waals surface area contributed by atoms with E-state index in [2.05, 4.69) is 38.4 Å². The number of urea groups is 1. The molecule has 0 radical (unpaired) electrons. The van der Waals surface area contributed by atoms with Crippen LogP contribution < -0.4 is 10.6 Å². The van der Waals surface area contributed by atoms with Crippen LogP contribution in [0.4, 0.5) is 16.3 Å². The number of hydrogen-bond donors (Lipinski definition) is 2. The molecule has 0 atom stereocenters. The van der Waals surface area contributed by atoms with Crippen LogP contribution in [0, 0.1) is 17.4 Å². The molecule has 2 N–H and O–H groups in total. The monoisotopic (exact) mass is 357 g/mol. The molecule has 0 fully saturated rings. The topological polar surface area (TPSA) is 67.2 Å². The summed E-state index contributed by atoms with van der Waals surface area (Å²) in [6, 6.07) is 7.11. The van der Waals surface area contributed by atoms with E-state index >= 15 is 0 Å². The van der Waals surface area contributed by atoms with Gasteiger partial charge in [0.25, 0.3) is 0 Å². The molecule has 5 nitrogen and oxygen atoms in total. The van der Waals surface area contributed by atoms with Crippen molar-refractivity contribution in [3.05, 3.63) is 39.2 Å². The van der Waals surface area contributed by atoms with Crippen LogP contribution in [0.1, 0.15) is 11.3 Å². The molecule has 2 rings (SSSR count). The van der Waals surface area contributed by atoms with Gasteiger partial charge in [0, 0.05) is 15.3 Å². The number of hydrogen-bond acceptors (Lipinski definition) is 3. The molecular formula is C12H12IN3O2. The van der Waals surface area contributed by atoms with Crippen molar-refractivity contribution in [2.45, 2.75) is 13.8 Å². The summed E-state index contributed by atoms with van der Waals surface area (Å²) in [5.74, 6) is 1.05. The van der Waals surface area contributed by atoms with Crippen molar-refractivity contribution in [3.8, 4) is 0 Å². The zero-order valence-corrected chi connectivity index (χ0v) is 12.1. The van der Waals surface area contributed by atoms with Crippen molar-refractivity contribution in [1.29, 1.82) is 0 Å². The quantitative estimate of drug-likeness (QED) is 0.808. The van der Waals surface area contributed by atoms with E-state index in [4.69, 9.17) is 4.52 Å². The number of amides is 2. The van der Waals surface area contributed by atoms with Gasteiger partial charge in [-0.2, -0.15) is 0 Å². The Kier molecular flexibility index (Phi) is 3.85. The Balaban J connectivity index is 2.03. The maximum Gasteiger partial charge on any atom is 0.324 e. The van der Waals surface area contributed by atoms with Crippen molar-refractivity contribution in [3.63, 3.8) is 0 Å². The first-order valence-electron chi connectivity index (χ1n) is 5.32. The fourth-order valence-corrected chi connectivity index (χ4v) is 2.11. The van der Waals surface area contributed by atoms with Crippen LogP contribution in [0.25, 0.3) is 0 Å². The summed E-state index contributed by atoms with van der Waals surface area (Å²) in [4.78, 5) is 11.7. The van der Waals surface area contributed by atoms with E-state index < -0.39 is 0 Å². The number of aromatic nitrogens is 1. The molecule has 0 bridgehead atoms. The Hall–Kier alpha value is -1.57. The van der Waals surface area contributed by atoms with Gasteiger partial charge in [0.1, 0.15) is 5.76 Å². The first-order valence-corrected chi connectivity index (χ1v) is 6.40. The smallest absolute Gasteiger partial charge is 0.324 e. The lowest BCUT2D eigenvalue weighted by Gasteiger charge is -2.08. The molecule has 1 heterocycles. The number of nitrogens with zero attached hydrogens (tertiary/aromatic N) is 1. The lowest BCUT2D eigenvalue weighted by atomic mass is 10.2. The summed E-state index contributed by atoms with van der Waals surface area (Å²) < 4.78 is 5.99. The predicted molar refractivity (Wildman–Crippen MR) is 77.8 cm³/mol. The van der Waals surface area contributed by atoms with E-state index in [9.17, 15) is 4.79 Å². The van der Waals surface area contributed by atoms with Crippen LogP contribution in [-0.2, 0) is 0 Å². The van der Waals surface area contributed by atoms with Crippen LogP contribution in [0.2, 0.25) is 0 Å². The minimum atomic E-state index is -0.340. The minimum absolute atomic E-state index is 0.340. The average molecular weight is 357 g/mol. The zero-order chi connectivity index (χ0) is 13.1. The number of rotatable bonds is 2. The van der Waals surface area contributed by atoms with E-state index in [0.29, 0.717) is 11.6 Å². The Morgan fingerprint density at radius 3 is 2.67 bits per heavy atom. The third-order valence-corrected chi connectivity index (χ3v) is 2.98. The molecule has 0 unspecified atom stereocenters. The third-order valence-electron chi connectivity index (χ3n) is 2.31. The van der Waals surface area contributed by atoms with Crippen molar-refractivity contribution in [2.75, 3.05) is 10.6 Å². The highest BCUT2D eigenvalue weighted by atomic mass is 127. The van der Waals surface area contributed by atoms with Gasteiger partial charge >= 0.3 is 6.03 Å². The van der Waals surface area contributed by atoms with Crippen molar-refractivity contribution >= 4 is 40.1 Å². The molecule has 0 saturated carbocycles. The van der Waals surface area contributed by atoms with Crippen LogP contribution >= 0.6 is 22.6 Å². The number of benzene rings is 1. The molecule has 6 heteroatoms. The van der Waals surface area contributed by atoms with Gasteiger partial charge in [0.2, 0.25) is 0 Å². The molecule has 1 aromatic carbocycles. The van der Waals surface area contributed by atoms with Gasteiger partial charge in [-0.25, -0.2) is 4.79 Å². The summed E-state index contributed by atoms with van der Waals surface area (Å²) in [6.07, 6.45) is 0. The second kappa shape index (κ2) is 5.38. The van der Waals surface area contributed by atoms with E-state index in [1.54, 1.807) is 13.0 Å². The molecule has 18 heavy (non-hydrogen) atoms. The number of halogens is 1. The number of aryl methyl sites for hydroxylation is 2. The summed E-state index contributed by atoms with van der Waals surface area (Å²) >= 11 is 2.23. The predicted octanol–water partition coefficient (Wildman–Crippen LogP) is 3.54. The van der Waals surface area contributed by atoms with Crippen LogP contribution in [-0.4, -0.2) is 11.2 Å². The lowest BCUT2D eigenvalue weighted by molar-refractivity contribution is 0.262. The van der Waals surface area contributed by atoms with Crippen LogP contribution in [0.3, 0.4) is 0 Å². The molecule has 0 aliphatic carbocycles. The van der Waals surface area contributed by atoms with E-state index in [1.165, 1.54) is 0 Å². The van der Waals surface area contributed by atoms with Crippen LogP contribution in [0.15, 0.2) is 28.8 Å². The maximum atomic E-state index is 11.7. The Bertz CT molecular complexity index is 580. The Labute approximate surface area is 118 Å². The van der Waals surface area contributed by atoms with Crippen molar-refractivity contribution in [2.24, 2.45) is 0 Å². The standard InChI is InChI=1S/C12H12IN3O2/c1-7-5-9(13)3-4-10(7)14-12(17)15-11-6-8(2)18-16-11/h3-6H,1-2H3,(H2,14,15,16,17). The molecular weight excluding hydrogens is 345 g/mol. The fourth-order valence-electron chi connectivity index (χ4n) is 1.46. The van der Waals surface area contributed by atoms with Crippen molar-refractivity contribution in [1.82, 2.24) is 5.16 Å². The first kappa shape index (κ1) is 12.9. The third kappa shape index (κ3) is 3.22. The molecule has 94 valence electrons. The maximum absolute atomic E-state index is 11.7. The molecule has 0 aliphatic rings. The highest BCUT2D eigenvalue weighted by Crippen LogP contribution is 2.18. The average Bonchev–Trinajstić information content (AvgIpc) is 2.68. The van der Waals surface area contributed by atoms with Crippen LogP contribution in [0.5, 0.6) is 0 Å². The SMILES string of the molecule is Cc1cc(NC(=O)Nc2ccc(I)cc2C)no1. The Morgan fingerprint density at radius 2 is 2.06 bits per heavy atom. The van der Waals surface area contributed by atoms with E-state index in [-0.39, 0.29) is 6.03 Å². The number of nitrogens with one attached hydrogen (secondary N) is 2. The summed E-state index contributed by atoms with van der Waals surface area (Å²) in [6.45, 7) is 3.71. The van der Waals surface area contributed by atoms with E-state index in [1.807, 2.05) is 25.1 Å². The molecule has 0 spiro atoms. The van der Waals surface area contributed by atoms with Gasteiger partial charge in [-0.3, -0.25) is 5.32 Å². The first-order chi connectivity index (χ1) is 8.54. The molecule has 2 aromatic rings. The zero-order valence-electron chi connectivity index (χ0n) is 9.95. The second-order valence-corrected chi connectivity index (χ2v) is 5.11. The molecule has 1 aromatic heterocycles. The van der Waals surface area contributed by atoms with Gasteiger partial charge in [-0.05, 0) is 60.2 Å². The number of carbonyl (C=O) groups excluding carboxylic acids is 1. The highest BCUT2D eigenvalue weighted by molar-refractivity contribution is 14.1. The normalized spacial score (nSPS) is 10.2.